The Morgan fingerprint density at radius 2 is 2.04 bits per heavy atom. The molecule has 4 nitrogen and oxygen atoms in total. The Morgan fingerprint density at radius 3 is 2.73 bits per heavy atom. The van der Waals surface area contributed by atoms with E-state index in [0.717, 1.165) is 36.4 Å². The summed E-state index contributed by atoms with van der Waals surface area (Å²) in [6.45, 7) is 6.15. The van der Waals surface area contributed by atoms with Crippen molar-refractivity contribution in [3.8, 4) is 11.3 Å². The van der Waals surface area contributed by atoms with Crippen LogP contribution in [-0.2, 0) is 4.74 Å². The minimum atomic E-state index is -0.898. The van der Waals surface area contributed by atoms with Gasteiger partial charge in [-0.3, -0.25) is 4.90 Å². The molecule has 0 spiro atoms. The van der Waals surface area contributed by atoms with Gasteiger partial charge >= 0.3 is 6.09 Å². The first-order chi connectivity index (χ1) is 12.2. The topological polar surface area (TPSA) is 42.4 Å². The van der Waals surface area contributed by atoms with E-state index in [0.29, 0.717) is 17.8 Å². The van der Waals surface area contributed by atoms with Crippen LogP contribution >= 0.6 is 11.3 Å². The van der Waals surface area contributed by atoms with Crippen LogP contribution in [0.25, 0.3) is 11.3 Å². The van der Waals surface area contributed by atoms with Gasteiger partial charge in [0.1, 0.15) is 10.6 Å². The Bertz CT molecular complexity index is 801. The summed E-state index contributed by atoms with van der Waals surface area (Å²) in [5.41, 5.74) is 0.545. The van der Waals surface area contributed by atoms with Crippen molar-refractivity contribution in [2.75, 3.05) is 6.54 Å². The lowest BCUT2D eigenvalue weighted by Crippen LogP contribution is -2.41. The fraction of sp³-hybridized carbons (Fsp3) is 0.474. The number of benzene rings is 1. The van der Waals surface area contributed by atoms with E-state index < -0.39 is 17.2 Å². The van der Waals surface area contributed by atoms with Crippen LogP contribution in [0, 0.1) is 11.6 Å². The maximum absolute atomic E-state index is 13.5. The normalized spacial score (nSPS) is 18.0. The largest absolute Gasteiger partial charge is 0.444 e. The number of aromatic nitrogens is 1. The molecule has 2 heterocycles. The average molecular weight is 380 g/mol. The highest BCUT2D eigenvalue weighted by Crippen LogP contribution is 2.35. The molecule has 1 aromatic heterocycles. The van der Waals surface area contributed by atoms with Gasteiger partial charge in [-0.25, -0.2) is 18.6 Å². The highest BCUT2D eigenvalue weighted by Gasteiger charge is 2.33. The Morgan fingerprint density at radius 1 is 1.27 bits per heavy atom. The number of halogens is 2. The molecule has 26 heavy (non-hydrogen) atoms. The van der Waals surface area contributed by atoms with Gasteiger partial charge in [0, 0.05) is 17.5 Å². The maximum atomic E-state index is 13.5. The number of amides is 1. The van der Waals surface area contributed by atoms with E-state index >= 15 is 0 Å². The number of thiazole rings is 1. The molecule has 0 radical (unpaired) electrons. The number of carbonyl (C=O) groups excluding carboxylic acids is 1. The molecule has 1 amide bonds. The van der Waals surface area contributed by atoms with Crippen LogP contribution < -0.4 is 0 Å². The highest BCUT2D eigenvalue weighted by molar-refractivity contribution is 7.10. The van der Waals surface area contributed by atoms with E-state index in [2.05, 4.69) is 4.98 Å². The lowest BCUT2D eigenvalue weighted by atomic mass is 10.0. The van der Waals surface area contributed by atoms with Crippen molar-refractivity contribution in [1.82, 2.24) is 9.88 Å². The quantitative estimate of drug-likeness (QED) is 0.686. The van der Waals surface area contributed by atoms with Crippen molar-refractivity contribution in [1.29, 1.82) is 0 Å². The second-order valence-electron chi connectivity index (χ2n) is 7.39. The number of hydrogen-bond donors (Lipinski definition) is 0. The summed E-state index contributed by atoms with van der Waals surface area (Å²) in [6, 6.07) is 3.59. The van der Waals surface area contributed by atoms with Crippen LogP contribution in [0.4, 0.5) is 13.6 Å². The molecule has 0 unspecified atom stereocenters. The lowest BCUT2D eigenvalue weighted by molar-refractivity contribution is 0.00949. The molecular formula is C19H22F2N2O2S. The SMILES string of the molecule is CC(C)(C)OC(=O)N1CCCC[C@@H]1c1nc(-c2ccc(F)c(F)c2)cs1. The summed E-state index contributed by atoms with van der Waals surface area (Å²) < 4.78 is 32.1. The van der Waals surface area contributed by atoms with E-state index in [1.54, 1.807) is 4.90 Å². The zero-order valence-electron chi connectivity index (χ0n) is 15.1. The molecule has 1 saturated heterocycles. The molecule has 140 valence electrons. The van der Waals surface area contributed by atoms with E-state index in [1.165, 1.54) is 17.4 Å². The van der Waals surface area contributed by atoms with E-state index in [4.69, 9.17) is 4.74 Å². The van der Waals surface area contributed by atoms with Crippen LogP contribution in [0.3, 0.4) is 0 Å². The fourth-order valence-electron chi connectivity index (χ4n) is 2.96. The highest BCUT2D eigenvalue weighted by atomic mass is 32.1. The number of likely N-dealkylation sites (tertiary alicyclic amines) is 1. The molecule has 3 rings (SSSR count). The monoisotopic (exact) mass is 380 g/mol. The van der Waals surface area contributed by atoms with Crippen molar-refractivity contribution < 1.29 is 18.3 Å². The van der Waals surface area contributed by atoms with Gasteiger partial charge in [-0.05, 0) is 58.2 Å². The Kier molecular flexibility index (Phi) is 5.27. The van der Waals surface area contributed by atoms with Crippen molar-refractivity contribution in [3.05, 3.63) is 40.2 Å². The van der Waals surface area contributed by atoms with Crippen molar-refractivity contribution >= 4 is 17.4 Å². The molecule has 1 aliphatic heterocycles. The third-order valence-electron chi connectivity index (χ3n) is 4.15. The van der Waals surface area contributed by atoms with E-state index in [9.17, 15) is 13.6 Å². The van der Waals surface area contributed by atoms with Crippen LogP contribution in [-0.4, -0.2) is 28.1 Å². The number of ether oxygens (including phenoxy) is 1. The third kappa shape index (κ3) is 4.20. The van der Waals surface area contributed by atoms with Crippen molar-refractivity contribution in [3.63, 3.8) is 0 Å². The molecule has 0 bridgehead atoms. The number of nitrogens with zero attached hydrogens (tertiary/aromatic N) is 2. The van der Waals surface area contributed by atoms with Crippen LogP contribution in [0.1, 0.15) is 51.1 Å². The van der Waals surface area contributed by atoms with Gasteiger partial charge in [-0.1, -0.05) is 0 Å². The first kappa shape index (κ1) is 18.8. The molecule has 0 N–H and O–H groups in total. The van der Waals surface area contributed by atoms with Gasteiger partial charge < -0.3 is 4.74 Å². The van der Waals surface area contributed by atoms with E-state index in [1.807, 2.05) is 26.2 Å². The van der Waals surface area contributed by atoms with Crippen molar-refractivity contribution in [2.24, 2.45) is 0 Å². The summed E-state index contributed by atoms with van der Waals surface area (Å²) >= 11 is 1.42. The van der Waals surface area contributed by atoms with Gasteiger partial charge in [0.25, 0.3) is 0 Å². The molecule has 1 atom stereocenters. The minimum absolute atomic E-state index is 0.150. The number of piperidine rings is 1. The molecule has 0 aliphatic carbocycles. The van der Waals surface area contributed by atoms with Crippen LogP contribution in [0.2, 0.25) is 0 Å². The third-order valence-corrected chi connectivity index (χ3v) is 5.10. The van der Waals surface area contributed by atoms with E-state index in [-0.39, 0.29) is 12.1 Å². The molecule has 2 aromatic rings. The second kappa shape index (κ2) is 7.31. The predicted molar refractivity (Wildman–Crippen MR) is 97.0 cm³/mol. The Balaban J connectivity index is 1.83. The predicted octanol–water partition coefficient (Wildman–Crippen LogP) is 5.55. The molecule has 1 aromatic carbocycles. The standard InChI is InChI=1S/C19H22F2N2O2S/c1-19(2,3)25-18(24)23-9-5-4-6-16(23)17-22-15(11-26-17)12-7-8-13(20)14(21)10-12/h7-8,10-11,16H,4-6,9H2,1-3H3/t16-/m1/s1. The Labute approximate surface area is 155 Å². The fourth-order valence-corrected chi connectivity index (χ4v) is 3.93. The average Bonchev–Trinajstić information content (AvgIpc) is 3.06. The smallest absolute Gasteiger partial charge is 0.410 e. The molecule has 1 fully saturated rings. The van der Waals surface area contributed by atoms with Gasteiger partial charge in [0.15, 0.2) is 11.6 Å². The van der Waals surface area contributed by atoms with Gasteiger partial charge in [0.2, 0.25) is 0 Å². The van der Waals surface area contributed by atoms with Crippen molar-refractivity contribution in [2.45, 2.75) is 51.7 Å². The van der Waals surface area contributed by atoms with Gasteiger partial charge in [0.05, 0.1) is 11.7 Å². The summed E-state index contributed by atoms with van der Waals surface area (Å²) in [5.74, 6) is -1.78. The van der Waals surface area contributed by atoms with Gasteiger partial charge in [-0.15, -0.1) is 11.3 Å². The number of rotatable bonds is 2. The molecule has 0 saturated carbocycles. The second-order valence-corrected chi connectivity index (χ2v) is 8.27. The summed E-state index contributed by atoms with van der Waals surface area (Å²) in [4.78, 5) is 18.9. The lowest BCUT2D eigenvalue weighted by Gasteiger charge is -2.35. The zero-order valence-corrected chi connectivity index (χ0v) is 15.9. The number of hydrogen-bond acceptors (Lipinski definition) is 4. The Hall–Kier alpha value is -2.02. The maximum Gasteiger partial charge on any atom is 0.410 e. The molecule has 1 aliphatic rings. The summed E-state index contributed by atoms with van der Waals surface area (Å²) in [5, 5.41) is 2.60. The zero-order chi connectivity index (χ0) is 18.9. The summed E-state index contributed by atoms with van der Waals surface area (Å²) in [6.07, 6.45) is 2.40. The first-order valence-corrected chi connectivity index (χ1v) is 9.53. The molecular weight excluding hydrogens is 358 g/mol. The summed E-state index contributed by atoms with van der Waals surface area (Å²) in [7, 11) is 0. The molecule has 7 heteroatoms. The van der Waals surface area contributed by atoms with Crippen LogP contribution in [0.5, 0.6) is 0 Å². The number of carbonyl (C=O) groups is 1. The van der Waals surface area contributed by atoms with Crippen LogP contribution in [0.15, 0.2) is 23.6 Å². The van der Waals surface area contributed by atoms with Gasteiger partial charge in [-0.2, -0.15) is 0 Å². The first-order valence-electron chi connectivity index (χ1n) is 8.65. The minimum Gasteiger partial charge on any atom is -0.444 e.